The second-order valence-electron chi connectivity index (χ2n) is 10.2. The van der Waals surface area contributed by atoms with Crippen LogP contribution in [0.1, 0.15) is 44.5 Å². The van der Waals surface area contributed by atoms with E-state index in [2.05, 4.69) is 36.3 Å². The van der Waals surface area contributed by atoms with E-state index in [9.17, 15) is 4.79 Å². The van der Waals surface area contributed by atoms with Gasteiger partial charge in [-0.2, -0.15) is 0 Å². The Hall–Kier alpha value is -3.92. The topological polar surface area (TPSA) is 83.8 Å². The van der Waals surface area contributed by atoms with Crippen LogP contribution >= 0.6 is 11.8 Å². The molecule has 1 amide bonds. The molecule has 2 aromatic carbocycles. The number of nitrogens with one attached hydrogen (secondary N) is 2. The highest BCUT2D eigenvalue weighted by atomic mass is 32.2. The minimum atomic E-state index is -0.120. The van der Waals surface area contributed by atoms with Crippen LogP contribution in [0.5, 0.6) is 0 Å². The number of thioether (sulfide) groups is 1. The summed E-state index contributed by atoms with van der Waals surface area (Å²) in [4.78, 5) is 25.9. The van der Waals surface area contributed by atoms with Crippen LogP contribution < -0.4 is 10.6 Å². The summed E-state index contributed by atoms with van der Waals surface area (Å²) in [5.74, 6) is 0.650. The lowest BCUT2D eigenvalue weighted by molar-refractivity contribution is 0.102. The Morgan fingerprint density at radius 2 is 1.90 bits per heavy atom. The molecule has 0 spiro atoms. The summed E-state index contributed by atoms with van der Waals surface area (Å²) < 4.78 is 2.17. The third-order valence-corrected chi connectivity index (χ3v) is 8.64. The van der Waals surface area contributed by atoms with Gasteiger partial charge in [0.05, 0.1) is 5.56 Å². The predicted molar refractivity (Wildman–Crippen MR) is 164 cm³/mol. The number of hydrogen-bond donors (Lipinski definition) is 2. The van der Waals surface area contributed by atoms with Gasteiger partial charge < -0.3 is 24.9 Å². The highest BCUT2D eigenvalue weighted by Gasteiger charge is 2.28. The second kappa shape index (κ2) is 13.2. The smallest absolute Gasteiger partial charge is 0.257 e. The zero-order valence-electron chi connectivity index (χ0n) is 22.9. The standard InChI is InChI=1S/C32H34N6O2S/c39-31(28-12-17-38-29(28)23-41-32(38)26-10-5-13-34-22-26)35-27-11-4-9-25(21-27)30(24-7-2-1-3-8-24)36-40-20-6-16-37-18-14-33-15-19-37/h1-5,7-13,17,21-22,32-33H,6,14-16,18-20,23H2,(H,35,39)/b36-30+. The number of amides is 1. The zero-order valence-corrected chi connectivity index (χ0v) is 23.7. The molecule has 2 aromatic heterocycles. The Morgan fingerprint density at radius 1 is 1.05 bits per heavy atom. The normalized spacial score (nSPS) is 17.3. The number of oxime groups is 1. The first-order valence-corrected chi connectivity index (χ1v) is 15.1. The molecule has 4 heterocycles. The molecule has 0 aliphatic carbocycles. The van der Waals surface area contributed by atoms with Crippen LogP contribution in [0.25, 0.3) is 0 Å². The molecular weight excluding hydrogens is 532 g/mol. The first-order chi connectivity index (χ1) is 20.3. The molecule has 2 aliphatic rings. The molecule has 210 valence electrons. The van der Waals surface area contributed by atoms with Crippen LogP contribution in [0.4, 0.5) is 5.69 Å². The monoisotopic (exact) mass is 566 g/mol. The summed E-state index contributed by atoms with van der Waals surface area (Å²) in [6.45, 7) is 5.80. The van der Waals surface area contributed by atoms with Gasteiger partial charge in [0.2, 0.25) is 0 Å². The number of fused-ring (bicyclic) bond motifs is 1. The molecule has 4 aromatic rings. The fourth-order valence-corrected chi connectivity index (χ4v) is 6.59. The molecule has 0 radical (unpaired) electrons. The molecule has 2 aliphatic heterocycles. The van der Waals surface area contributed by atoms with Crippen LogP contribution in [0, 0.1) is 0 Å². The lowest BCUT2D eigenvalue weighted by Crippen LogP contribution is -2.43. The van der Waals surface area contributed by atoms with Gasteiger partial charge in [-0.25, -0.2) is 0 Å². The summed E-state index contributed by atoms with van der Waals surface area (Å²) in [5, 5.41) is 11.2. The van der Waals surface area contributed by atoms with E-state index in [0.717, 1.165) is 73.0 Å². The van der Waals surface area contributed by atoms with E-state index >= 15 is 0 Å². The Kier molecular flexibility index (Phi) is 8.75. The van der Waals surface area contributed by atoms with Gasteiger partial charge in [-0.15, -0.1) is 11.8 Å². The second-order valence-corrected chi connectivity index (χ2v) is 11.2. The average molecular weight is 567 g/mol. The van der Waals surface area contributed by atoms with Crippen LogP contribution in [0.2, 0.25) is 0 Å². The molecule has 0 bridgehead atoms. The fourth-order valence-electron chi connectivity index (χ4n) is 5.28. The van der Waals surface area contributed by atoms with Gasteiger partial charge in [0.1, 0.15) is 17.7 Å². The average Bonchev–Trinajstić information content (AvgIpc) is 3.63. The minimum absolute atomic E-state index is 0.120. The van der Waals surface area contributed by atoms with Gasteiger partial charge in [0, 0.05) is 85.1 Å². The van der Waals surface area contributed by atoms with Crippen molar-refractivity contribution in [3.63, 3.8) is 0 Å². The number of carbonyl (C=O) groups is 1. The zero-order chi connectivity index (χ0) is 27.9. The maximum Gasteiger partial charge on any atom is 0.257 e. The summed E-state index contributed by atoms with van der Waals surface area (Å²) in [7, 11) is 0. The van der Waals surface area contributed by atoms with Crippen molar-refractivity contribution in [1.29, 1.82) is 0 Å². The first-order valence-electron chi connectivity index (χ1n) is 14.1. The number of rotatable bonds is 10. The molecule has 6 rings (SSSR count). The van der Waals surface area contributed by atoms with Crippen molar-refractivity contribution in [2.24, 2.45) is 5.16 Å². The molecule has 9 heteroatoms. The van der Waals surface area contributed by atoms with Crippen molar-refractivity contribution < 1.29 is 9.63 Å². The molecule has 0 saturated carbocycles. The SMILES string of the molecule is O=C(Nc1cccc(/C(=N/OCCCN2CCNCC2)c2ccccc2)c1)c1ccn2c1CSC2c1cccnc1. The lowest BCUT2D eigenvalue weighted by Gasteiger charge is -2.26. The summed E-state index contributed by atoms with van der Waals surface area (Å²) in [6, 6.07) is 23.7. The molecule has 1 saturated heterocycles. The number of nitrogens with zero attached hydrogens (tertiary/aromatic N) is 4. The molecule has 1 unspecified atom stereocenters. The van der Waals surface area contributed by atoms with Crippen molar-refractivity contribution in [1.82, 2.24) is 19.8 Å². The quantitative estimate of drug-likeness (QED) is 0.160. The molecule has 1 fully saturated rings. The number of carbonyl (C=O) groups excluding carboxylic acids is 1. The van der Waals surface area contributed by atoms with Crippen molar-refractivity contribution in [2.75, 3.05) is 44.6 Å². The highest BCUT2D eigenvalue weighted by Crippen LogP contribution is 2.42. The largest absolute Gasteiger partial charge is 0.395 e. The molecule has 1 atom stereocenters. The van der Waals surface area contributed by atoms with E-state index in [1.807, 2.05) is 79.1 Å². The Balaban J connectivity index is 1.15. The van der Waals surface area contributed by atoms with Crippen LogP contribution in [-0.4, -0.2) is 65.4 Å². The first kappa shape index (κ1) is 27.3. The third kappa shape index (κ3) is 6.53. The Labute approximate surface area is 244 Å². The summed E-state index contributed by atoms with van der Waals surface area (Å²) in [6.07, 6.45) is 6.59. The molecule has 41 heavy (non-hydrogen) atoms. The number of hydrogen-bond acceptors (Lipinski definition) is 7. The lowest BCUT2D eigenvalue weighted by atomic mass is 10.0. The maximum absolute atomic E-state index is 13.4. The van der Waals surface area contributed by atoms with Gasteiger partial charge in [0.25, 0.3) is 5.91 Å². The molecular formula is C32H34N6O2S. The van der Waals surface area contributed by atoms with E-state index in [-0.39, 0.29) is 11.3 Å². The van der Waals surface area contributed by atoms with E-state index in [1.54, 1.807) is 18.0 Å². The van der Waals surface area contributed by atoms with Crippen molar-refractivity contribution in [2.45, 2.75) is 17.5 Å². The number of aromatic nitrogens is 2. The Bertz CT molecular complexity index is 1480. The summed E-state index contributed by atoms with van der Waals surface area (Å²) >= 11 is 1.80. The van der Waals surface area contributed by atoms with E-state index in [0.29, 0.717) is 17.9 Å². The summed E-state index contributed by atoms with van der Waals surface area (Å²) in [5.41, 5.74) is 6.14. The van der Waals surface area contributed by atoms with Crippen molar-refractivity contribution >= 4 is 29.1 Å². The van der Waals surface area contributed by atoms with Crippen LogP contribution in [0.3, 0.4) is 0 Å². The highest BCUT2D eigenvalue weighted by molar-refractivity contribution is 7.99. The number of pyridine rings is 1. The van der Waals surface area contributed by atoms with E-state index in [4.69, 9.17) is 4.84 Å². The van der Waals surface area contributed by atoms with Gasteiger partial charge in [-0.3, -0.25) is 9.78 Å². The van der Waals surface area contributed by atoms with Gasteiger partial charge in [0.15, 0.2) is 0 Å². The minimum Gasteiger partial charge on any atom is -0.395 e. The van der Waals surface area contributed by atoms with Crippen molar-refractivity contribution in [3.05, 3.63) is 119 Å². The van der Waals surface area contributed by atoms with E-state index in [1.165, 1.54) is 0 Å². The van der Waals surface area contributed by atoms with Crippen LogP contribution in [0.15, 0.2) is 96.5 Å². The number of benzene rings is 2. The number of anilines is 1. The fraction of sp³-hybridized carbons (Fsp3) is 0.281. The predicted octanol–water partition coefficient (Wildman–Crippen LogP) is 4.99. The third-order valence-electron chi connectivity index (χ3n) is 7.39. The van der Waals surface area contributed by atoms with Gasteiger partial charge >= 0.3 is 0 Å². The van der Waals surface area contributed by atoms with E-state index < -0.39 is 0 Å². The maximum atomic E-state index is 13.4. The van der Waals surface area contributed by atoms with Gasteiger partial charge in [-0.05, 0) is 30.7 Å². The van der Waals surface area contributed by atoms with Crippen molar-refractivity contribution in [3.8, 4) is 0 Å². The Morgan fingerprint density at radius 3 is 2.73 bits per heavy atom. The molecule has 2 N–H and O–H groups in total. The number of piperazine rings is 1. The van der Waals surface area contributed by atoms with Crippen LogP contribution in [-0.2, 0) is 10.6 Å². The molecule has 8 nitrogen and oxygen atoms in total. The van der Waals surface area contributed by atoms with Gasteiger partial charge in [-0.1, -0.05) is 53.7 Å².